The molecule has 6 rings (SSSR count). The number of benzene rings is 2. The van der Waals surface area contributed by atoms with E-state index in [9.17, 15) is 0 Å². The average Bonchev–Trinajstić information content (AvgIpc) is 3.35. The zero-order valence-corrected chi connectivity index (χ0v) is 21.8. The SMILES string of the molecule is [C-]#[N+]CC1CCCCN1c1nc(OC[C@@H]2CCCN2C)nc2c1CCN(c1cccc3ccccc13)C2. The van der Waals surface area contributed by atoms with Gasteiger partial charge in [0.25, 0.3) is 0 Å². The van der Waals surface area contributed by atoms with Crippen molar-refractivity contribution in [1.29, 1.82) is 0 Å². The molecule has 0 saturated carbocycles. The molecule has 0 bridgehead atoms. The fourth-order valence-corrected chi connectivity index (χ4v) is 6.32. The van der Waals surface area contributed by atoms with Crippen LogP contribution in [0.5, 0.6) is 6.01 Å². The first-order valence-electron chi connectivity index (χ1n) is 13.8. The summed E-state index contributed by atoms with van der Waals surface area (Å²) < 4.78 is 6.29. The van der Waals surface area contributed by atoms with Crippen molar-refractivity contribution in [2.75, 3.05) is 49.6 Å². The summed E-state index contributed by atoms with van der Waals surface area (Å²) in [5, 5.41) is 2.53. The molecule has 7 heteroatoms. The lowest BCUT2D eigenvalue weighted by Crippen LogP contribution is -2.43. The molecule has 2 aromatic carbocycles. The third kappa shape index (κ3) is 4.83. The number of rotatable bonds is 6. The van der Waals surface area contributed by atoms with Crippen LogP contribution in [0.4, 0.5) is 11.5 Å². The van der Waals surface area contributed by atoms with E-state index in [-0.39, 0.29) is 6.04 Å². The predicted octanol–water partition coefficient (Wildman–Crippen LogP) is 4.94. The van der Waals surface area contributed by atoms with Crippen molar-refractivity contribution in [1.82, 2.24) is 14.9 Å². The van der Waals surface area contributed by atoms with Gasteiger partial charge < -0.3 is 24.3 Å². The van der Waals surface area contributed by atoms with Crippen LogP contribution in [0.3, 0.4) is 0 Å². The van der Waals surface area contributed by atoms with Gasteiger partial charge in [-0.1, -0.05) is 36.4 Å². The standard InChI is InChI=1S/C30H36N6O/c1-31-19-23-11-5-6-17-36(23)29-26-15-18-35(28-14-7-10-22-9-3-4-13-25(22)28)20-27(26)32-30(33-29)37-21-24-12-8-16-34(24)2/h3-4,7,9-10,13-14,23-24H,5-6,8,11-12,15-21H2,2H3/t23?,24-/m0/s1. The number of nitrogens with zero attached hydrogens (tertiary/aromatic N) is 6. The van der Waals surface area contributed by atoms with E-state index in [4.69, 9.17) is 21.3 Å². The number of fused-ring (bicyclic) bond motifs is 2. The minimum absolute atomic E-state index is 0.218. The highest BCUT2D eigenvalue weighted by molar-refractivity contribution is 5.94. The smallest absolute Gasteiger partial charge is 0.318 e. The molecule has 2 atom stereocenters. The van der Waals surface area contributed by atoms with Gasteiger partial charge in [-0.2, -0.15) is 9.97 Å². The Kier molecular flexibility index (Phi) is 6.84. The summed E-state index contributed by atoms with van der Waals surface area (Å²) in [5.41, 5.74) is 3.55. The number of piperidine rings is 1. The molecular weight excluding hydrogens is 460 g/mol. The van der Waals surface area contributed by atoms with Crippen molar-refractivity contribution in [3.8, 4) is 6.01 Å². The molecule has 37 heavy (non-hydrogen) atoms. The minimum atomic E-state index is 0.218. The van der Waals surface area contributed by atoms with Crippen LogP contribution in [0.15, 0.2) is 42.5 Å². The van der Waals surface area contributed by atoms with Gasteiger partial charge >= 0.3 is 6.01 Å². The highest BCUT2D eigenvalue weighted by Gasteiger charge is 2.32. The first kappa shape index (κ1) is 24.0. The third-order valence-electron chi connectivity index (χ3n) is 8.41. The van der Waals surface area contributed by atoms with E-state index >= 15 is 0 Å². The van der Waals surface area contributed by atoms with Gasteiger partial charge in [0.2, 0.25) is 6.54 Å². The van der Waals surface area contributed by atoms with Gasteiger partial charge in [-0.25, -0.2) is 6.57 Å². The van der Waals surface area contributed by atoms with Gasteiger partial charge in [-0.05, 0) is 63.6 Å². The molecule has 3 aromatic rings. The number of hydrogen-bond donors (Lipinski definition) is 0. The van der Waals surface area contributed by atoms with E-state index in [0.29, 0.717) is 25.2 Å². The van der Waals surface area contributed by atoms with Gasteiger partial charge in [0.05, 0.1) is 12.2 Å². The van der Waals surface area contributed by atoms with Crippen LogP contribution >= 0.6 is 0 Å². The summed E-state index contributed by atoms with van der Waals surface area (Å²) in [4.78, 5) is 21.0. The lowest BCUT2D eigenvalue weighted by Gasteiger charge is -2.38. The van der Waals surface area contributed by atoms with Gasteiger partial charge in [0.15, 0.2) is 0 Å². The molecule has 0 spiro atoms. The maximum atomic E-state index is 7.52. The Morgan fingerprint density at radius 1 is 0.973 bits per heavy atom. The Hall–Kier alpha value is -3.37. The van der Waals surface area contributed by atoms with E-state index in [1.54, 1.807) is 0 Å². The second-order valence-corrected chi connectivity index (χ2v) is 10.7. The first-order chi connectivity index (χ1) is 18.2. The van der Waals surface area contributed by atoms with Crippen molar-refractivity contribution in [2.45, 2.75) is 57.2 Å². The first-order valence-corrected chi connectivity index (χ1v) is 13.8. The van der Waals surface area contributed by atoms with E-state index in [2.05, 4.69) is 69.1 Å². The van der Waals surface area contributed by atoms with Crippen LogP contribution in [0.25, 0.3) is 15.6 Å². The van der Waals surface area contributed by atoms with Crippen molar-refractivity contribution in [3.63, 3.8) is 0 Å². The van der Waals surface area contributed by atoms with Crippen molar-refractivity contribution < 1.29 is 4.74 Å². The summed E-state index contributed by atoms with van der Waals surface area (Å²) in [6.45, 7) is 12.4. The number of ether oxygens (including phenoxy) is 1. The average molecular weight is 497 g/mol. The normalized spacial score (nSPS) is 22.2. The summed E-state index contributed by atoms with van der Waals surface area (Å²) in [5.74, 6) is 1.01. The number of likely N-dealkylation sites (tertiary alicyclic amines) is 1. The Morgan fingerprint density at radius 2 is 1.84 bits per heavy atom. The van der Waals surface area contributed by atoms with E-state index in [1.165, 1.54) is 34.9 Å². The molecule has 7 nitrogen and oxygen atoms in total. The molecule has 1 aromatic heterocycles. The summed E-state index contributed by atoms with van der Waals surface area (Å²) in [7, 11) is 2.17. The molecular formula is C30H36N6O. The summed E-state index contributed by atoms with van der Waals surface area (Å²) in [6, 6.07) is 16.3. The van der Waals surface area contributed by atoms with Gasteiger partial charge in [0, 0.05) is 35.8 Å². The lowest BCUT2D eigenvalue weighted by atomic mass is 9.98. The summed E-state index contributed by atoms with van der Waals surface area (Å²) >= 11 is 0. The highest BCUT2D eigenvalue weighted by Crippen LogP contribution is 2.36. The number of likely N-dealkylation sites (N-methyl/N-ethyl adjacent to an activating group) is 1. The van der Waals surface area contributed by atoms with E-state index in [0.717, 1.165) is 63.4 Å². The Balaban J connectivity index is 1.35. The van der Waals surface area contributed by atoms with Crippen LogP contribution in [0, 0.1) is 6.57 Å². The quantitative estimate of drug-likeness (QED) is 0.451. The Bertz CT molecular complexity index is 1300. The maximum Gasteiger partial charge on any atom is 0.318 e. The molecule has 0 N–H and O–H groups in total. The van der Waals surface area contributed by atoms with Gasteiger partial charge in [0.1, 0.15) is 18.5 Å². The van der Waals surface area contributed by atoms with Crippen LogP contribution < -0.4 is 14.5 Å². The molecule has 0 aliphatic carbocycles. The van der Waals surface area contributed by atoms with Crippen molar-refractivity contribution in [2.24, 2.45) is 0 Å². The van der Waals surface area contributed by atoms with Crippen LogP contribution in [-0.2, 0) is 13.0 Å². The lowest BCUT2D eigenvalue weighted by molar-refractivity contribution is 0.187. The van der Waals surface area contributed by atoms with Crippen molar-refractivity contribution >= 4 is 22.3 Å². The molecule has 2 fully saturated rings. The maximum absolute atomic E-state index is 7.52. The molecule has 1 unspecified atom stereocenters. The van der Waals surface area contributed by atoms with E-state index in [1.807, 2.05) is 0 Å². The third-order valence-corrected chi connectivity index (χ3v) is 8.41. The molecule has 2 saturated heterocycles. The Morgan fingerprint density at radius 3 is 2.70 bits per heavy atom. The fourth-order valence-electron chi connectivity index (χ4n) is 6.32. The Labute approximate surface area is 219 Å². The topological polar surface area (TPSA) is 49.1 Å². The molecule has 3 aliphatic rings. The molecule has 4 heterocycles. The van der Waals surface area contributed by atoms with E-state index < -0.39 is 0 Å². The second kappa shape index (κ2) is 10.5. The molecule has 192 valence electrons. The zero-order chi connectivity index (χ0) is 25.2. The molecule has 3 aliphatic heterocycles. The zero-order valence-electron chi connectivity index (χ0n) is 21.8. The van der Waals surface area contributed by atoms with Gasteiger partial charge in [-0.3, -0.25) is 0 Å². The number of aromatic nitrogens is 2. The largest absolute Gasteiger partial charge is 0.462 e. The number of hydrogen-bond acceptors (Lipinski definition) is 6. The van der Waals surface area contributed by atoms with Crippen LogP contribution in [0.2, 0.25) is 0 Å². The minimum Gasteiger partial charge on any atom is -0.462 e. The van der Waals surface area contributed by atoms with Gasteiger partial charge in [-0.15, -0.1) is 0 Å². The van der Waals surface area contributed by atoms with Crippen molar-refractivity contribution in [3.05, 3.63) is 65.1 Å². The predicted molar refractivity (Wildman–Crippen MR) is 148 cm³/mol. The van der Waals surface area contributed by atoms with Crippen LogP contribution in [-0.4, -0.2) is 66.8 Å². The molecule has 0 radical (unpaired) electrons. The second-order valence-electron chi connectivity index (χ2n) is 10.7. The fraction of sp³-hybridized carbons (Fsp3) is 0.500. The monoisotopic (exact) mass is 496 g/mol. The summed E-state index contributed by atoms with van der Waals surface area (Å²) in [6.07, 6.45) is 6.62. The molecule has 0 amide bonds. The number of anilines is 2. The highest BCUT2D eigenvalue weighted by atomic mass is 16.5. The van der Waals surface area contributed by atoms with Crippen LogP contribution in [0.1, 0.15) is 43.4 Å².